The van der Waals surface area contributed by atoms with Gasteiger partial charge in [-0.25, -0.2) is 0 Å². The van der Waals surface area contributed by atoms with E-state index in [4.69, 9.17) is 9.47 Å². The second-order valence-corrected chi connectivity index (χ2v) is 7.33. The molecule has 29 heavy (non-hydrogen) atoms. The second kappa shape index (κ2) is 10.0. The highest BCUT2D eigenvalue weighted by atomic mass is 16.5. The molecule has 0 aliphatic heterocycles. The first-order chi connectivity index (χ1) is 14.2. The number of hydrogen-bond acceptors (Lipinski definition) is 6. The number of benzene rings is 1. The predicted octanol–water partition coefficient (Wildman–Crippen LogP) is 3.72. The standard InChI is InChI=1S/C23H27N3O3/c1-28-22-11-10-17(12-23(22)29-2)19-8-5-9-20(26-19)18(13-24)21(27)15-25-14-16-6-3-4-7-16/h5,8-12,16,18,25H,3-4,6-7,14-15H2,1-2H3. The zero-order chi connectivity index (χ0) is 20.6. The van der Waals surface area contributed by atoms with Crippen LogP contribution in [0.1, 0.15) is 37.3 Å². The van der Waals surface area contributed by atoms with E-state index in [1.165, 1.54) is 25.7 Å². The summed E-state index contributed by atoms with van der Waals surface area (Å²) < 4.78 is 10.6. The van der Waals surface area contributed by atoms with Crippen LogP contribution in [-0.2, 0) is 4.79 Å². The van der Waals surface area contributed by atoms with Crippen molar-refractivity contribution in [2.45, 2.75) is 31.6 Å². The van der Waals surface area contributed by atoms with Gasteiger partial charge in [-0.2, -0.15) is 5.26 Å². The molecule has 1 aromatic heterocycles. The van der Waals surface area contributed by atoms with Crippen molar-refractivity contribution in [2.75, 3.05) is 27.3 Å². The van der Waals surface area contributed by atoms with Gasteiger partial charge in [-0.05, 0) is 55.6 Å². The quantitative estimate of drug-likeness (QED) is 0.699. The largest absolute Gasteiger partial charge is 0.493 e. The van der Waals surface area contributed by atoms with Gasteiger partial charge in [-0.15, -0.1) is 0 Å². The van der Waals surface area contributed by atoms with Crippen LogP contribution in [0.4, 0.5) is 0 Å². The number of methoxy groups -OCH3 is 2. The Morgan fingerprint density at radius 3 is 2.66 bits per heavy atom. The molecule has 6 heteroatoms. The molecule has 1 aromatic carbocycles. The van der Waals surface area contributed by atoms with E-state index in [1.807, 2.05) is 30.3 Å². The molecule has 0 amide bonds. The van der Waals surface area contributed by atoms with Gasteiger partial charge in [0.15, 0.2) is 17.3 Å². The van der Waals surface area contributed by atoms with Crippen molar-refractivity contribution in [3.8, 4) is 28.8 Å². The molecule has 3 rings (SSSR count). The number of ketones is 1. The monoisotopic (exact) mass is 393 g/mol. The maximum Gasteiger partial charge on any atom is 0.169 e. The number of carbonyl (C=O) groups is 1. The molecule has 152 valence electrons. The first kappa shape index (κ1) is 20.8. The molecule has 1 unspecified atom stereocenters. The van der Waals surface area contributed by atoms with Crippen molar-refractivity contribution in [2.24, 2.45) is 5.92 Å². The maximum absolute atomic E-state index is 12.6. The molecule has 1 heterocycles. The van der Waals surface area contributed by atoms with Crippen LogP contribution in [-0.4, -0.2) is 38.1 Å². The third kappa shape index (κ3) is 5.12. The minimum absolute atomic E-state index is 0.151. The van der Waals surface area contributed by atoms with Gasteiger partial charge in [-0.1, -0.05) is 18.9 Å². The van der Waals surface area contributed by atoms with E-state index >= 15 is 0 Å². The lowest BCUT2D eigenvalue weighted by molar-refractivity contribution is -0.118. The Morgan fingerprint density at radius 2 is 1.97 bits per heavy atom. The fraction of sp³-hybridized carbons (Fsp3) is 0.435. The number of aromatic nitrogens is 1. The predicted molar refractivity (Wildman–Crippen MR) is 111 cm³/mol. The van der Waals surface area contributed by atoms with Gasteiger partial charge in [0.1, 0.15) is 5.92 Å². The molecular formula is C23H27N3O3. The fourth-order valence-electron chi connectivity index (χ4n) is 3.79. The molecule has 1 aliphatic carbocycles. The summed E-state index contributed by atoms with van der Waals surface area (Å²) in [5.74, 6) is 0.843. The number of nitrogens with zero attached hydrogens (tertiary/aromatic N) is 2. The highest BCUT2D eigenvalue weighted by Gasteiger charge is 2.23. The van der Waals surface area contributed by atoms with Gasteiger partial charge in [0.05, 0.1) is 38.2 Å². The van der Waals surface area contributed by atoms with Gasteiger partial charge in [0.2, 0.25) is 0 Å². The average Bonchev–Trinajstić information content (AvgIpc) is 3.27. The topological polar surface area (TPSA) is 84.2 Å². The third-order valence-electron chi connectivity index (χ3n) is 5.40. The first-order valence-electron chi connectivity index (χ1n) is 9.98. The fourth-order valence-corrected chi connectivity index (χ4v) is 3.79. The van der Waals surface area contributed by atoms with E-state index < -0.39 is 5.92 Å². The molecule has 1 atom stereocenters. The molecule has 1 N–H and O–H groups in total. The summed E-state index contributed by atoms with van der Waals surface area (Å²) in [5.41, 5.74) is 1.97. The smallest absolute Gasteiger partial charge is 0.169 e. The van der Waals surface area contributed by atoms with Gasteiger partial charge < -0.3 is 14.8 Å². The summed E-state index contributed by atoms with van der Waals surface area (Å²) in [5, 5.41) is 12.8. The lowest BCUT2D eigenvalue weighted by Crippen LogP contribution is -2.30. The van der Waals surface area contributed by atoms with Crippen LogP contribution in [0.5, 0.6) is 11.5 Å². The Bertz CT molecular complexity index is 885. The molecule has 0 saturated heterocycles. The van der Waals surface area contributed by atoms with Crippen molar-refractivity contribution < 1.29 is 14.3 Å². The van der Waals surface area contributed by atoms with E-state index in [0.29, 0.717) is 28.8 Å². The summed E-state index contributed by atoms with van der Waals surface area (Å²) >= 11 is 0. The van der Waals surface area contributed by atoms with E-state index in [1.54, 1.807) is 20.3 Å². The molecule has 6 nitrogen and oxygen atoms in total. The number of hydrogen-bond donors (Lipinski definition) is 1. The van der Waals surface area contributed by atoms with Gasteiger partial charge in [0, 0.05) is 5.56 Å². The van der Waals surface area contributed by atoms with Crippen LogP contribution >= 0.6 is 0 Å². The lowest BCUT2D eigenvalue weighted by Gasteiger charge is -2.13. The highest BCUT2D eigenvalue weighted by Crippen LogP contribution is 2.32. The maximum atomic E-state index is 12.6. The number of ether oxygens (including phenoxy) is 2. The van der Waals surface area contributed by atoms with Crippen LogP contribution in [0.15, 0.2) is 36.4 Å². The Labute approximate surface area is 171 Å². The molecular weight excluding hydrogens is 366 g/mol. The van der Waals surface area contributed by atoms with E-state index in [0.717, 1.165) is 12.1 Å². The van der Waals surface area contributed by atoms with Crippen molar-refractivity contribution >= 4 is 5.78 Å². The Hall–Kier alpha value is -2.91. The third-order valence-corrected chi connectivity index (χ3v) is 5.40. The van der Waals surface area contributed by atoms with E-state index in [9.17, 15) is 10.1 Å². The molecule has 0 bridgehead atoms. The van der Waals surface area contributed by atoms with E-state index in [2.05, 4.69) is 16.4 Å². The van der Waals surface area contributed by atoms with Crippen molar-refractivity contribution in [3.63, 3.8) is 0 Å². The number of rotatable bonds is 9. The number of Topliss-reactive ketones (excluding diaryl/α,β-unsaturated/α-hetero) is 1. The van der Waals surface area contributed by atoms with E-state index in [-0.39, 0.29) is 12.3 Å². The summed E-state index contributed by atoms with van der Waals surface area (Å²) in [6.45, 7) is 1.03. The van der Waals surface area contributed by atoms with Crippen LogP contribution in [0.2, 0.25) is 0 Å². The summed E-state index contributed by atoms with van der Waals surface area (Å²) in [4.78, 5) is 17.2. The molecule has 1 aliphatic rings. The number of carbonyl (C=O) groups excluding carboxylic acids is 1. The second-order valence-electron chi connectivity index (χ2n) is 7.33. The van der Waals surface area contributed by atoms with Crippen LogP contribution < -0.4 is 14.8 Å². The Morgan fingerprint density at radius 1 is 1.21 bits per heavy atom. The molecule has 2 aromatic rings. The minimum Gasteiger partial charge on any atom is -0.493 e. The summed E-state index contributed by atoms with van der Waals surface area (Å²) in [7, 11) is 3.16. The van der Waals surface area contributed by atoms with Crippen molar-refractivity contribution in [3.05, 3.63) is 42.1 Å². The number of nitriles is 1. The molecule has 1 fully saturated rings. The highest BCUT2D eigenvalue weighted by molar-refractivity contribution is 5.89. The Kier molecular flexibility index (Phi) is 7.20. The van der Waals surface area contributed by atoms with Crippen molar-refractivity contribution in [1.29, 1.82) is 5.26 Å². The SMILES string of the molecule is COc1ccc(-c2cccc(C(C#N)C(=O)CNCC3CCCC3)n2)cc1OC. The normalized spacial score (nSPS) is 14.9. The minimum atomic E-state index is -0.883. The Balaban J connectivity index is 1.72. The van der Waals surface area contributed by atoms with Crippen LogP contribution in [0, 0.1) is 17.2 Å². The molecule has 0 radical (unpaired) electrons. The van der Waals surface area contributed by atoms with Crippen LogP contribution in [0.25, 0.3) is 11.3 Å². The average molecular weight is 393 g/mol. The van der Waals surface area contributed by atoms with Crippen LogP contribution in [0.3, 0.4) is 0 Å². The zero-order valence-corrected chi connectivity index (χ0v) is 17.0. The lowest BCUT2D eigenvalue weighted by atomic mass is 9.99. The van der Waals surface area contributed by atoms with Gasteiger partial charge >= 0.3 is 0 Å². The summed E-state index contributed by atoms with van der Waals surface area (Å²) in [6.07, 6.45) is 4.98. The zero-order valence-electron chi connectivity index (χ0n) is 17.0. The van der Waals surface area contributed by atoms with Gasteiger partial charge in [0.25, 0.3) is 0 Å². The first-order valence-corrected chi connectivity index (χ1v) is 9.98. The van der Waals surface area contributed by atoms with Gasteiger partial charge in [-0.3, -0.25) is 9.78 Å². The number of pyridine rings is 1. The summed E-state index contributed by atoms with van der Waals surface area (Å²) in [6, 6.07) is 13.0. The van der Waals surface area contributed by atoms with Crippen molar-refractivity contribution in [1.82, 2.24) is 10.3 Å². The number of nitrogens with one attached hydrogen (secondary N) is 1. The molecule has 1 saturated carbocycles. The molecule has 0 spiro atoms.